The van der Waals surface area contributed by atoms with Crippen LogP contribution in [0, 0.1) is 11.8 Å². The third kappa shape index (κ3) is 5.78. The Hall–Kier alpha value is -3.44. The molecule has 0 bridgehead atoms. The Morgan fingerprint density at radius 2 is 1.97 bits per heavy atom. The normalized spacial score (nSPS) is 11.9. The molecule has 3 aromatic rings. The third-order valence-corrected chi connectivity index (χ3v) is 4.45. The summed E-state index contributed by atoms with van der Waals surface area (Å²) in [7, 11) is 0. The van der Waals surface area contributed by atoms with Crippen LogP contribution in [0.2, 0.25) is 0 Å². The number of rotatable bonds is 3. The molecule has 2 heterocycles. The molecule has 2 aromatic heterocycles. The number of nitrogens with one attached hydrogen (secondary N) is 2. The van der Waals surface area contributed by atoms with Crippen LogP contribution in [0.4, 0.5) is 10.6 Å². The van der Waals surface area contributed by atoms with Gasteiger partial charge in [-0.15, -0.1) is 11.3 Å². The Labute approximate surface area is 178 Å². The largest absolute Gasteiger partial charge is 0.444 e. The number of amides is 2. The molecule has 0 radical (unpaired) electrons. The number of ether oxygens (including phenoxy) is 1. The van der Waals surface area contributed by atoms with Gasteiger partial charge >= 0.3 is 6.09 Å². The van der Waals surface area contributed by atoms with Gasteiger partial charge < -0.3 is 15.4 Å². The highest BCUT2D eigenvalue weighted by Gasteiger charge is 2.21. The van der Waals surface area contributed by atoms with E-state index in [1.165, 1.54) is 11.3 Å². The van der Waals surface area contributed by atoms with Crippen molar-refractivity contribution in [2.75, 3.05) is 5.32 Å². The summed E-state index contributed by atoms with van der Waals surface area (Å²) in [6.07, 6.45) is -0.661. The second-order valence-electron chi connectivity index (χ2n) is 7.56. The van der Waals surface area contributed by atoms with E-state index in [0.717, 1.165) is 10.8 Å². The number of fused-ring (bicyclic) bond motifs is 1. The molecule has 3 rings (SSSR count). The molecule has 1 aromatic carbocycles. The molecule has 1 atom stereocenters. The van der Waals surface area contributed by atoms with Gasteiger partial charge in [0.2, 0.25) is 5.91 Å². The molecule has 0 aliphatic rings. The summed E-state index contributed by atoms with van der Waals surface area (Å²) in [6, 6.07) is 8.61. The number of carbonyl (C=O) groups excluding carboxylic acids is 2. The van der Waals surface area contributed by atoms with Crippen LogP contribution in [0.15, 0.2) is 41.2 Å². The zero-order valence-corrected chi connectivity index (χ0v) is 18.0. The summed E-state index contributed by atoms with van der Waals surface area (Å²) >= 11 is 1.47. The van der Waals surface area contributed by atoms with E-state index in [1.54, 1.807) is 39.3 Å². The van der Waals surface area contributed by atoms with Crippen molar-refractivity contribution < 1.29 is 14.3 Å². The Balaban J connectivity index is 1.80. The maximum absolute atomic E-state index is 12.5. The van der Waals surface area contributed by atoms with E-state index in [9.17, 15) is 9.59 Å². The van der Waals surface area contributed by atoms with Crippen molar-refractivity contribution in [3.05, 3.63) is 52.6 Å². The zero-order chi connectivity index (χ0) is 21.7. The molecule has 2 N–H and O–H groups in total. The van der Waals surface area contributed by atoms with Gasteiger partial charge in [-0.05, 0) is 51.0 Å². The molecule has 0 spiro atoms. The fraction of sp³-hybridized carbons (Fsp3) is 0.273. The molecule has 0 aliphatic heterocycles. The average Bonchev–Trinajstić information content (AvgIpc) is 3.18. The van der Waals surface area contributed by atoms with E-state index < -0.39 is 23.6 Å². The summed E-state index contributed by atoms with van der Waals surface area (Å²) in [4.78, 5) is 33.1. The first-order valence-electron chi connectivity index (χ1n) is 9.31. The lowest BCUT2D eigenvalue weighted by Gasteiger charge is -2.21. The summed E-state index contributed by atoms with van der Waals surface area (Å²) in [5.41, 5.74) is 2.26. The molecular formula is C22H22N4O3S. The molecule has 154 valence electrons. The van der Waals surface area contributed by atoms with Gasteiger partial charge in [0.25, 0.3) is 0 Å². The van der Waals surface area contributed by atoms with Gasteiger partial charge in [0.15, 0.2) is 0 Å². The standard InChI is InChI=1S/C22H22N4O3S/c1-14(24-21(28)29-22(2,3)4)20(27)26-19-11-15-7-5-6-8-17(15)18(25-19)10-9-16-12-30-13-23-16/h5-8,11-14H,1-4H3,(H,24,28)(H,25,26,27). The van der Waals surface area contributed by atoms with Crippen molar-refractivity contribution in [2.45, 2.75) is 39.3 Å². The maximum atomic E-state index is 12.5. The van der Waals surface area contributed by atoms with Crippen molar-refractivity contribution in [3.63, 3.8) is 0 Å². The number of nitrogens with zero attached hydrogens (tertiary/aromatic N) is 2. The quantitative estimate of drug-likeness (QED) is 0.624. The van der Waals surface area contributed by atoms with E-state index in [1.807, 2.05) is 29.6 Å². The molecule has 0 saturated carbocycles. The maximum Gasteiger partial charge on any atom is 0.408 e. The highest BCUT2D eigenvalue weighted by atomic mass is 32.1. The smallest absolute Gasteiger partial charge is 0.408 e. The minimum Gasteiger partial charge on any atom is -0.444 e. The Morgan fingerprint density at radius 3 is 2.67 bits per heavy atom. The Morgan fingerprint density at radius 1 is 1.20 bits per heavy atom. The topological polar surface area (TPSA) is 93.2 Å². The number of hydrogen-bond donors (Lipinski definition) is 2. The van der Waals surface area contributed by atoms with Crippen molar-refractivity contribution in [2.24, 2.45) is 0 Å². The molecule has 0 fully saturated rings. The molecule has 30 heavy (non-hydrogen) atoms. The van der Waals surface area contributed by atoms with Crippen LogP contribution in [0.3, 0.4) is 0 Å². The van der Waals surface area contributed by atoms with Crippen LogP contribution in [0.5, 0.6) is 0 Å². The number of alkyl carbamates (subject to hydrolysis) is 1. The second-order valence-corrected chi connectivity index (χ2v) is 8.28. The summed E-state index contributed by atoms with van der Waals surface area (Å²) < 4.78 is 5.18. The van der Waals surface area contributed by atoms with Gasteiger partial charge in [-0.1, -0.05) is 24.3 Å². The van der Waals surface area contributed by atoms with E-state index in [-0.39, 0.29) is 0 Å². The monoisotopic (exact) mass is 422 g/mol. The minimum absolute atomic E-state index is 0.346. The lowest BCUT2D eigenvalue weighted by Crippen LogP contribution is -2.44. The number of aromatic nitrogens is 2. The summed E-state index contributed by atoms with van der Waals surface area (Å²) in [5, 5.41) is 8.86. The molecule has 0 aliphatic carbocycles. The first kappa shape index (κ1) is 21.3. The first-order valence-corrected chi connectivity index (χ1v) is 10.3. The number of thiazole rings is 1. The molecule has 0 saturated heterocycles. The highest BCUT2D eigenvalue weighted by molar-refractivity contribution is 7.07. The van der Waals surface area contributed by atoms with Crippen molar-refractivity contribution >= 4 is 39.9 Å². The van der Waals surface area contributed by atoms with Gasteiger partial charge in [0.05, 0.1) is 5.51 Å². The van der Waals surface area contributed by atoms with E-state index in [4.69, 9.17) is 4.74 Å². The van der Waals surface area contributed by atoms with Gasteiger partial charge in [-0.3, -0.25) is 4.79 Å². The molecular weight excluding hydrogens is 400 g/mol. The van der Waals surface area contributed by atoms with Crippen molar-refractivity contribution in [1.29, 1.82) is 0 Å². The number of benzene rings is 1. The third-order valence-electron chi connectivity index (χ3n) is 3.86. The van der Waals surface area contributed by atoms with Crippen molar-refractivity contribution in [1.82, 2.24) is 15.3 Å². The highest BCUT2D eigenvalue weighted by Crippen LogP contribution is 2.20. The van der Waals surface area contributed by atoms with Crippen LogP contribution >= 0.6 is 11.3 Å². The molecule has 2 amide bonds. The summed E-state index contributed by atoms with van der Waals surface area (Å²) in [6.45, 7) is 6.84. The minimum atomic E-state index is -0.808. The zero-order valence-electron chi connectivity index (χ0n) is 17.1. The molecule has 7 nitrogen and oxygen atoms in total. The fourth-order valence-electron chi connectivity index (χ4n) is 2.54. The van der Waals surface area contributed by atoms with Gasteiger partial charge in [0.1, 0.15) is 28.8 Å². The van der Waals surface area contributed by atoms with Crippen LogP contribution in [-0.2, 0) is 9.53 Å². The number of pyridine rings is 1. The lowest BCUT2D eigenvalue weighted by atomic mass is 10.1. The fourth-order valence-corrected chi connectivity index (χ4v) is 3.02. The van der Waals surface area contributed by atoms with Gasteiger partial charge in [0, 0.05) is 10.8 Å². The first-order chi connectivity index (χ1) is 14.2. The number of anilines is 1. The van der Waals surface area contributed by atoms with Gasteiger partial charge in [-0.25, -0.2) is 14.8 Å². The van der Waals surface area contributed by atoms with Crippen LogP contribution in [0.1, 0.15) is 39.1 Å². The molecule has 8 heteroatoms. The number of hydrogen-bond acceptors (Lipinski definition) is 6. The van der Waals surface area contributed by atoms with Crippen molar-refractivity contribution in [3.8, 4) is 11.8 Å². The Kier molecular flexibility index (Phi) is 6.33. The number of carbonyl (C=O) groups is 2. The van der Waals surface area contributed by atoms with E-state index >= 15 is 0 Å². The predicted molar refractivity (Wildman–Crippen MR) is 117 cm³/mol. The SMILES string of the molecule is CC(NC(=O)OC(C)(C)C)C(=O)Nc1cc2ccccc2c(C#Cc2cscn2)n1. The van der Waals surface area contributed by atoms with Crippen LogP contribution in [0.25, 0.3) is 10.8 Å². The average molecular weight is 423 g/mol. The van der Waals surface area contributed by atoms with Crippen LogP contribution in [-0.4, -0.2) is 33.6 Å². The lowest BCUT2D eigenvalue weighted by molar-refractivity contribution is -0.117. The second kappa shape index (κ2) is 8.93. The Bertz CT molecular complexity index is 1120. The summed E-state index contributed by atoms with van der Waals surface area (Å²) in [5.74, 6) is 5.95. The molecule has 1 unspecified atom stereocenters. The predicted octanol–water partition coefficient (Wildman–Crippen LogP) is 3.94. The van der Waals surface area contributed by atoms with Gasteiger partial charge in [-0.2, -0.15) is 0 Å². The van der Waals surface area contributed by atoms with E-state index in [0.29, 0.717) is 17.2 Å². The van der Waals surface area contributed by atoms with E-state index in [2.05, 4.69) is 32.4 Å². The van der Waals surface area contributed by atoms with Crippen LogP contribution < -0.4 is 10.6 Å².